The Hall–Kier alpha value is -1.62. The van der Waals surface area contributed by atoms with Gasteiger partial charge in [-0.05, 0) is 24.1 Å². The van der Waals surface area contributed by atoms with E-state index in [1.807, 2.05) is 6.07 Å². The lowest BCUT2D eigenvalue weighted by Gasteiger charge is -2.14. The summed E-state index contributed by atoms with van der Waals surface area (Å²) < 4.78 is 19.7. The number of benzene rings is 1. The molecule has 5 heteroatoms. The minimum absolute atomic E-state index is 0.0705. The molecule has 1 unspecified atom stereocenters. The molecule has 1 rings (SSSR count). The van der Waals surface area contributed by atoms with Gasteiger partial charge in [-0.15, -0.1) is 0 Å². The number of carbonyl (C=O) groups is 1. The minimum Gasteiger partial charge on any atom is -0.494 e. The fourth-order valence-electron chi connectivity index (χ4n) is 1.72. The monoisotopic (exact) mass is 296 g/mol. The number of rotatable bonds is 9. The van der Waals surface area contributed by atoms with E-state index in [2.05, 4.69) is 12.2 Å². The van der Waals surface area contributed by atoms with E-state index < -0.39 is 6.17 Å². The summed E-state index contributed by atoms with van der Waals surface area (Å²) in [4.78, 5) is 12.9. The van der Waals surface area contributed by atoms with Gasteiger partial charge in [-0.1, -0.05) is 25.5 Å². The first-order chi connectivity index (χ1) is 10.0. The number of alkyl halides is 1. The van der Waals surface area contributed by atoms with Crippen LogP contribution in [-0.2, 0) is 4.79 Å². The maximum Gasteiger partial charge on any atom is 0.236 e. The number of carbonyl (C=O) groups excluding carboxylic acids is 1. The number of unbranched alkanes of at least 4 members (excludes halogenated alkanes) is 1. The molecule has 0 heterocycles. The average Bonchev–Trinajstić information content (AvgIpc) is 2.47. The topological polar surface area (TPSA) is 41.6 Å². The number of hydrogen-bond acceptors (Lipinski definition) is 3. The molecule has 0 saturated carbocycles. The fourth-order valence-corrected chi connectivity index (χ4v) is 1.72. The van der Waals surface area contributed by atoms with Crippen molar-refractivity contribution in [2.45, 2.75) is 25.9 Å². The quantitative estimate of drug-likeness (QED) is 0.712. The lowest BCUT2D eigenvalue weighted by Crippen LogP contribution is -2.34. The van der Waals surface area contributed by atoms with Gasteiger partial charge in [0.1, 0.15) is 11.9 Å². The normalized spacial score (nSPS) is 12.0. The smallest absolute Gasteiger partial charge is 0.236 e. The predicted molar refractivity (Wildman–Crippen MR) is 82.3 cm³/mol. The second-order valence-electron chi connectivity index (χ2n) is 5.16. The summed E-state index contributed by atoms with van der Waals surface area (Å²) in [5.74, 6) is 0.617. The third-order valence-electron chi connectivity index (χ3n) is 3.08. The molecule has 1 amide bonds. The molecule has 0 aromatic heterocycles. The zero-order chi connectivity index (χ0) is 15.7. The highest BCUT2D eigenvalue weighted by Gasteiger charge is 2.11. The molecule has 1 N–H and O–H groups in total. The zero-order valence-electron chi connectivity index (χ0n) is 13.1. The Morgan fingerprint density at radius 2 is 2.19 bits per heavy atom. The molecule has 0 aliphatic heterocycles. The van der Waals surface area contributed by atoms with Crippen LogP contribution in [0.15, 0.2) is 24.3 Å². The summed E-state index contributed by atoms with van der Waals surface area (Å²) in [7, 11) is 3.35. The van der Waals surface area contributed by atoms with Gasteiger partial charge in [-0.3, -0.25) is 4.79 Å². The van der Waals surface area contributed by atoms with E-state index in [1.54, 1.807) is 32.3 Å². The Kier molecular flexibility index (Phi) is 7.75. The number of nitrogens with zero attached hydrogens (tertiary/aromatic N) is 1. The molecule has 0 bridgehead atoms. The highest BCUT2D eigenvalue weighted by Crippen LogP contribution is 2.21. The molecule has 4 nitrogen and oxygen atoms in total. The second kappa shape index (κ2) is 9.34. The Morgan fingerprint density at radius 1 is 1.43 bits per heavy atom. The summed E-state index contributed by atoms with van der Waals surface area (Å²) >= 11 is 0. The van der Waals surface area contributed by atoms with Gasteiger partial charge in [0.15, 0.2) is 0 Å². The van der Waals surface area contributed by atoms with Crippen LogP contribution in [0.1, 0.15) is 31.5 Å². The number of likely N-dealkylation sites (N-methyl/N-ethyl adjacent to an activating group) is 1. The Bertz CT molecular complexity index is 438. The summed E-state index contributed by atoms with van der Waals surface area (Å²) in [6.45, 7) is 2.99. The van der Waals surface area contributed by atoms with Crippen molar-refractivity contribution in [1.82, 2.24) is 10.2 Å². The van der Waals surface area contributed by atoms with Crippen LogP contribution in [0, 0.1) is 0 Å². The van der Waals surface area contributed by atoms with Crippen molar-refractivity contribution in [3.8, 4) is 5.75 Å². The first-order valence-electron chi connectivity index (χ1n) is 7.32. The Morgan fingerprint density at radius 3 is 2.86 bits per heavy atom. The van der Waals surface area contributed by atoms with Gasteiger partial charge in [0.25, 0.3) is 0 Å². The zero-order valence-corrected chi connectivity index (χ0v) is 13.1. The van der Waals surface area contributed by atoms with Crippen LogP contribution in [0.4, 0.5) is 4.39 Å². The summed E-state index contributed by atoms with van der Waals surface area (Å²) in [5, 5.41) is 2.83. The van der Waals surface area contributed by atoms with Crippen LogP contribution < -0.4 is 10.1 Å². The molecule has 118 valence electrons. The van der Waals surface area contributed by atoms with Crippen molar-refractivity contribution in [3.63, 3.8) is 0 Å². The van der Waals surface area contributed by atoms with Crippen LogP contribution in [0.5, 0.6) is 5.75 Å². The standard InChI is InChI=1S/C16H25FN2O2/c1-4-5-9-21-14-8-6-7-13(10-14)15(17)11-18-12-16(20)19(2)3/h6-8,10,15,18H,4-5,9,11-12H2,1-3H3. The largest absolute Gasteiger partial charge is 0.494 e. The maximum atomic E-state index is 14.1. The van der Waals surface area contributed by atoms with E-state index in [1.165, 1.54) is 4.90 Å². The van der Waals surface area contributed by atoms with Crippen LogP contribution in [0.2, 0.25) is 0 Å². The van der Waals surface area contributed by atoms with Gasteiger partial charge in [-0.25, -0.2) is 4.39 Å². The number of hydrogen-bond donors (Lipinski definition) is 1. The lowest BCUT2D eigenvalue weighted by molar-refractivity contribution is -0.127. The lowest BCUT2D eigenvalue weighted by atomic mass is 10.1. The minimum atomic E-state index is -1.16. The average molecular weight is 296 g/mol. The molecule has 0 spiro atoms. The highest BCUT2D eigenvalue weighted by atomic mass is 19.1. The van der Waals surface area contributed by atoms with Crippen LogP contribution in [0.25, 0.3) is 0 Å². The van der Waals surface area contributed by atoms with Gasteiger partial charge in [-0.2, -0.15) is 0 Å². The second-order valence-corrected chi connectivity index (χ2v) is 5.16. The molecule has 0 saturated heterocycles. The van der Waals surface area contributed by atoms with Crippen molar-refractivity contribution in [1.29, 1.82) is 0 Å². The van der Waals surface area contributed by atoms with Gasteiger partial charge in [0.05, 0.1) is 13.2 Å². The first-order valence-corrected chi connectivity index (χ1v) is 7.32. The summed E-state index contributed by atoms with van der Waals surface area (Å²) in [6.07, 6.45) is 0.891. The maximum absolute atomic E-state index is 14.1. The van der Waals surface area contributed by atoms with Crippen molar-refractivity contribution in [3.05, 3.63) is 29.8 Å². The van der Waals surface area contributed by atoms with E-state index in [0.717, 1.165) is 12.8 Å². The SMILES string of the molecule is CCCCOc1cccc(C(F)CNCC(=O)N(C)C)c1. The van der Waals surface area contributed by atoms with E-state index >= 15 is 0 Å². The fraction of sp³-hybridized carbons (Fsp3) is 0.562. The number of amides is 1. The van der Waals surface area contributed by atoms with E-state index in [0.29, 0.717) is 17.9 Å². The van der Waals surface area contributed by atoms with Gasteiger partial charge in [0, 0.05) is 20.6 Å². The van der Waals surface area contributed by atoms with E-state index in [9.17, 15) is 9.18 Å². The molecule has 21 heavy (non-hydrogen) atoms. The molecular weight excluding hydrogens is 271 g/mol. The molecular formula is C16H25FN2O2. The third-order valence-corrected chi connectivity index (χ3v) is 3.08. The van der Waals surface area contributed by atoms with E-state index in [-0.39, 0.29) is 19.0 Å². The van der Waals surface area contributed by atoms with Gasteiger partial charge >= 0.3 is 0 Å². The molecule has 0 radical (unpaired) electrons. The van der Waals surface area contributed by atoms with Crippen molar-refractivity contribution in [2.75, 3.05) is 33.8 Å². The van der Waals surface area contributed by atoms with Crippen LogP contribution in [0.3, 0.4) is 0 Å². The van der Waals surface area contributed by atoms with E-state index in [4.69, 9.17) is 4.74 Å². The molecule has 1 aromatic carbocycles. The highest BCUT2D eigenvalue weighted by molar-refractivity contribution is 5.77. The van der Waals surface area contributed by atoms with Gasteiger partial charge < -0.3 is 15.0 Å². The van der Waals surface area contributed by atoms with Gasteiger partial charge in [0.2, 0.25) is 5.91 Å². The molecule has 0 aliphatic carbocycles. The molecule has 1 atom stereocenters. The Balaban J connectivity index is 2.44. The molecule has 0 fully saturated rings. The summed E-state index contributed by atoms with van der Waals surface area (Å²) in [6, 6.07) is 7.06. The van der Waals surface area contributed by atoms with Crippen molar-refractivity contribution >= 4 is 5.91 Å². The molecule has 1 aromatic rings. The number of halogens is 1. The van der Waals surface area contributed by atoms with Crippen molar-refractivity contribution < 1.29 is 13.9 Å². The predicted octanol–water partition coefficient (Wildman–Crippen LogP) is 2.55. The summed E-state index contributed by atoms with van der Waals surface area (Å²) in [5.41, 5.74) is 0.564. The van der Waals surface area contributed by atoms with Crippen LogP contribution >= 0.6 is 0 Å². The number of ether oxygens (including phenoxy) is 1. The first kappa shape index (κ1) is 17.4. The van der Waals surface area contributed by atoms with Crippen LogP contribution in [-0.4, -0.2) is 44.6 Å². The molecule has 0 aliphatic rings. The van der Waals surface area contributed by atoms with Crippen molar-refractivity contribution in [2.24, 2.45) is 0 Å². The number of nitrogens with one attached hydrogen (secondary N) is 1. The third kappa shape index (κ3) is 6.58. The Labute approximate surface area is 126 Å².